The van der Waals surface area contributed by atoms with Gasteiger partial charge in [0.25, 0.3) is 0 Å². The molecule has 2 bridgehead atoms. The van der Waals surface area contributed by atoms with Crippen LogP contribution in [-0.2, 0) is 0 Å². The van der Waals surface area contributed by atoms with Gasteiger partial charge in [-0.1, -0.05) is 30.2 Å². The van der Waals surface area contributed by atoms with E-state index >= 15 is 0 Å². The van der Waals surface area contributed by atoms with E-state index in [9.17, 15) is 0 Å². The third-order valence-corrected chi connectivity index (χ3v) is 5.36. The molecule has 0 amide bonds. The molecule has 0 heterocycles. The summed E-state index contributed by atoms with van der Waals surface area (Å²) < 4.78 is 0. The van der Waals surface area contributed by atoms with Gasteiger partial charge in [-0.05, 0) is 61.1 Å². The minimum Gasteiger partial charge on any atom is -0.271 e. The topological polar surface area (TPSA) is 38.0 Å². The fourth-order valence-electron chi connectivity index (χ4n) is 3.97. The molecule has 2 fully saturated rings. The molecule has 2 saturated carbocycles. The Hall–Kier alpha value is -0.570. The van der Waals surface area contributed by atoms with E-state index in [1.807, 2.05) is 6.92 Å². The van der Waals surface area contributed by atoms with E-state index in [0.29, 0.717) is 5.92 Å². The smallest absolute Gasteiger partial charge is 0.0491 e. The minimum absolute atomic E-state index is 0.262. The van der Waals surface area contributed by atoms with Crippen molar-refractivity contribution < 1.29 is 0 Å². The number of benzene rings is 1. The van der Waals surface area contributed by atoms with Crippen molar-refractivity contribution in [2.45, 2.75) is 38.6 Å². The highest BCUT2D eigenvalue weighted by Gasteiger charge is 2.43. The van der Waals surface area contributed by atoms with Gasteiger partial charge in [0.1, 0.15) is 0 Å². The number of hydrogen-bond donors (Lipinski definition) is 2. The second kappa shape index (κ2) is 4.84. The largest absolute Gasteiger partial charge is 0.271 e. The molecule has 0 aromatic heterocycles. The number of halogens is 1. The van der Waals surface area contributed by atoms with Crippen molar-refractivity contribution >= 4 is 11.6 Å². The van der Waals surface area contributed by atoms with Crippen LogP contribution < -0.4 is 11.3 Å². The molecule has 0 aliphatic heterocycles. The summed E-state index contributed by atoms with van der Waals surface area (Å²) in [6.45, 7) is 2.04. The quantitative estimate of drug-likeness (QED) is 0.647. The summed E-state index contributed by atoms with van der Waals surface area (Å²) in [6, 6.07) is 6.60. The van der Waals surface area contributed by atoms with Crippen LogP contribution in [0.3, 0.4) is 0 Å². The monoisotopic (exact) mass is 264 g/mol. The molecule has 3 rings (SSSR count). The third kappa shape index (κ3) is 2.07. The lowest BCUT2D eigenvalue weighted by molar-refractivity contribution is 0.252. The summed E-state index contributed by atoms with van der Waals surface area (Å²) >= 11 is 6.23. The van der Waals surface area contributed by atoms with Gasteiger partial charge in [0.2, 0.25) is 0 Å². The van der Waals surface area contributed by atoms with Crippen molar-refractivity contribution in [3.8, 4) is 0 Å². The molecule has 3 N–H and O–H groups in total. The number of nitrogens with one attached hydrogen (secondary N) is 1. The summed E-state index contributed by atoms with van der Waals surface area (Å²) in [7, 11) is 0. The molecule has 2 aliphatic carbocycles. The van der Waals surface area contributed by atoms with Crippen molar-refractivity contribution in [1.82, 2.24) is 5.43 Å². The number of nitrogens with two attached hydrogens (primary N) is 1. The number of hydrazine groups is 1. The summed E-state index contributed by atoms with van der Waals surface area (Å²) in [4.78, 5) is 0. The molecule has 0 saturated heterocycles. The molecule has 2 aliphatic rings. The van der Waals surface area contributed by atoms with E-state index in [4.69, 9.17) is 17.4 Å². The Morgan fingerprint density at radius 1 is 1.33 bits per heavy atom. The van der Waals surface area contributed by atoms with Crippen molar-refractivity contribution in [2.24, 2.45) is 23.6 Å². The van der Waals surface area contributed by atoms with Gasteiger partial charge in [0.15, 0.2) is 0 Å². The maximum absolute atomic E-state index is 6.23. The van der Waals surface area contributed by atoms with Gasteiger partial charge in [0.05, 0.1) is 0 Å². The summed E-state index contributed by atoms with van der Waals surface area (Å²) in [5.74, 6) is 8.30. The normalized spacial score (nSPS) is 31.8. The zero-order chi connectivity index (χ0) is 12.7. The average Bonchev–Trinajstić information content (AvgIpc) is 2.97. The lowest BCUT2D eigenvalue weighted by Crippen LogP contribution is -2.35. The molecule has 98 valence electrons. The number of fused-ring (bicyclic) bond motifs is 2. The van der Waals surface area contributed by atoms with Crippen LogP contribution in [-0.4, -0.2) is 0 Å². The van der Waals surface area contributed by atoms with E-state index in [2.05, 4.69) is 23.6 Å². The maximum Gasteiger partial charge on any atom is 0.0491 e. The van der Waals surface area contributed by atoms with Crippen LogP contribution in [0.1, 0.15) is 42.9 Å². The molecule has 0 radical (unpaired) electrons. The molecule has 4 atom stereocenters. The Morgan fingerprint density at radius 3 is 2.72 bits per heavy atom. The van der Waals surface area contributed by atoms with E-state index in [1.165, 1.54) is 31.2 Å². The number of hydrogen-bond acceptors (Lipinski definition) is 2. The van der Waals surface area contributed by atoms with Crippen molar-refractivity contribution in [3.63, 3.8) is 0 Å². The minimum atomic E-state index is 0.262. The molecule has 1 aromatic rings. The third-order valence-electron chi connectivity index (χ3n) is 4.96. The first-order valence-electron chi connectivity index (χ1n) is 6.91. The molecule has 4 unspecified atom stereocenters. The fraction of sp³-hybridized carbons (Fsp3) is 0.600. The van der Waals surface area contributed by atoms with Crippen molar-refractivity contribution in [2.75, 3.05) is 0 Å². The van der Waals surface area contributed by atoms with Crippen LogP contribution in [0.2, 0.25) is 5.02 Å². The van der Waals surface area contributed by atoms with Gasteiger partial charge in [-0.25, -0.2) is 0 Å². The number of rotatable bonds is 3. The highest BCUT2D eigenvalue weighted by atomic mass is 35.5. The molecule has 3 heteroatoms. The van der Waals surface area contributed by atoms with E-state index < -0.39 is 0 Å². The van der Waals surface area contributed by atoms with E-state index in [-0.39, 0.29) is 6.04 Å². The molecular weight excluding hydrogens is 244 g/mol. The van der Waals surface area contributed by atoms with Crippen LogP contribution in [0.5, 0.6) is 0 Å². The van der Waals surface area contributed by atoms with Gasteiger partial charge >= 0.3 is 0 Å². The Kier molecular flexibility index (Phi) is 3.35. The summed E-state index contributed by atoms with van der Waals surface area (Å²) in [5.41, 5.74) is 5.40. The summed E-state index contributed by atoms with van der Waals surface area (Å²) in [6.07, 6.45) is 5.54. The van der Waals surface area contributed by atoms with Crippen LogP contribution >= 0.6 is 11.6 Å². The molecule has 0 spiro atoms. The highest BCUT2D eigenvalue weighted by Crippen LogP contribution is 2.52. The molecule has 1 aromatic carbocycles. The molecule has 18 heavy (non-hydrogen) atoms. The predicted octanol–water partition coefficient (Wildman–Crippen LogP) is 3.59. The summed E-state index contributed by atoms with van der Waals surface area (Å²) in [5, 5.41) is 0.843. The Bertz CT molecular complexity index is 446. The first-order valence-corrected chi connectivity index (χ1v) is 7.29. The van der Waals surface area contributed by atoms with E-state index in [0.717, 1.165) is 22.4 Å². The fourth-order valence-corrected chi connectivity index (χ4v) is 4.16. The Labute approximate surface area is 114 Å². The van der Waals surface area contributed by atoms with Crippen LogP contribution in [0.25, 0.3) is 0 Å². The van der Waals surface area contributed by atoms with Crippen LogP contribution in [0.4, 0.5) is 0 Å². The zero-order valence-electron chi connectivity index (χ0n) is 10.8. The van der Waals surface area contributed by atoms with E-state index in [1.54, 1.807) is 0 Å². The maximum atomic E-state index is 6.23. The molecular formula is C15H21ClN2. The first-order chi connectivity index (χ1) is 8.69. The van der Waals surface area contributed by atoms with Gasteiger partial charge in [-0.3, -0.25) is 11.3 Å². The second-order valence-electron chi connectivity index (χ2n) is 5.99. The second-order valence-corrected chi connectivity index (χ2v) is 6.40. The molecule has 2 nitrogen and oxygen atoms in total. The van der Waals surface area contributed by atoms with Crippen LogP contribution in [0.15, 0.2) is 18.2 Å². The first kappa shape index (κ1) is 12.5. The SMILES string of the molecule is Cc1ccc(C(NN)C2CC3CCC2C3)cc1Cl. The van der Waals surface area contributed by atoms with Crippen molar-refractivity contribution in [3.05, 3.63) is 34.3 Å². The Balaban J connectivity index is 1.85. The number of aryl methyl sites for hydroxylation is 1. The van der Waals surface area contributed by atoms with Gasteiger partial charge in [-0.15, -0.1) is 0 Å². The predicted molar refractivity (Wildman–Crippen MR) is 75.2 cm³/mol. The highest BCUT2D eigenvalue weighted by molar-refractivity contribution is 6.31. The van der Waals surface area contributed by atoms with Gasteiger partial charge in [-0.2, -0.15) is 0 Å². The average molecular weight is 265 g/mol. The zero-order valence-corrected chi connectivity index (χ0v) is 11.6. The van der Waals surface area contributed by atoms with Crippen molar-refractivity contribution in [1.29, 1.82) is 0 Å². The van der Waals surface area contributed by atoms with Gasteiger partial charge < -0.3 is 0 Å². The van der Waals surface area contributed by atoms with Gasteiger partial charge in [0, 0.05) is 11.1 Å². The van der Waals surface area contributed by atoms with Crippen LogP contribution in [0, 0.1) is 24.7 Å². The lowest BCUT2D eigenvalue weighted by atomic mass is 9.80. The standard InChI is InChI=1S/C15H21ClN2/c1-9-2-4-12(8-14(9)16)15(18-17)13-7-10-3-5-11(13)6-10/h2,4,8,10-11,13,15,18H,3,5-7,17H2,1H3. The Morgan fingerprint density at radius 2 is 2.17 bits per heavy atom. The lowest BCUT2D eigenvalue weighted by Gasteiger charge is -2.30.